The van der Waals surface area contributed by atoms with Crippen molar-refractivity contribution in [1.29, 1.82) is 0 Å². The van der Waals surface area contributed by atoms with Gasteiger partial charge in [-0.25, -0.2) is 4.98 Å². The van der Waals surface area contributed by atoms with Crippen molar-refractivity contribution >= 4 is 17.4 Å². The Morgan fingerprint density at radius 1 is 1.53 bits per heavy atom. The number of methoxy groups -OCH3 is 1. The molecule has 0 aliphatic carbocycles. The first kappa shape index (κ1) is 13.2. The van der Waals surface area contributed by atoms with Crippen LogP contribution in [0.15, 0.2) is 12.1 Å². The molecule has 94 valence electrons. The zero-order valence-corrected chi connectivity index (χ0v) is 10.3. The van der Waals surface area contributed by atoms with Gasteiger partial charge in [0.05, 0.1) is 17.8 Å². The molecular weight excluding hydrogens is 220 g/mol. The van der Waals surface area contributed by atoms with Crippen molar-refractivity contribution in [3.05, 3.63) is 17.8 Å². The minimum Gasteiger partial charge on any atom is -0.396 e. The van der Waals surface area contributed by atoms with Crippen molar-refractivity contribution in [3.8, 4) is 0 Å². The summed E-state index contributed by atoms with van der Waals surface area (Å²) < 4.78 is 5.07. The summed E-state index contributed by atoms with van der Waals surface area (Å²) in [7, 11) is 1.61. The smallest absolute Gasteiger partial charge is 0.267 e. The Labute approximate surface area is 100 Å². The third-order valence-electron chi connectivity index (χ3n) is 2.14. The van der Waals surface area contributed by atoms with Gasteiger partial charge in [0.15, 0.2) is 5.82 Å². The van der Waals surface area contributed by atoms with Crippen LogP contribution in [0.1, 0.15) is 24.3 Å². The molecule has 0 saturated heterocycles. The quantitative estimate of drug-likeness (QED) is 0.697. The first-order valence-corrected chi connectivity index (χ1v) is 5.19. The molecule has 0 aliphatic rings. The molecule has 1 heterocycles. The standard InChI is InChI=1S/C11H18N4O2/c1-11(2,6-17-3)15-10-7(12)4-5-8(14-10)9(13)16/h4-5H,6,12H2,1-3H3,(H2,13,16)(H,14,15). The van der Waals surface area contributed by atoms with Gasteiger partial charge in [-0.1, -0.05) is 0 Å². The molecule has 5 N–H and O–H groups in total. The van der Waals surface area contributed by atoms with Crippen molar-refractivity contribution in [2.75, 3.05) is 24.8 Å². The minimum absolute atomic E-state index is 0.176. The third kappa shape index (κ3) is 3.60. The van der Waals surface area contributed by atoms with Crippen molar-refractivity contribution in [2.24, 2.45) is 5.73 Å². The van der Waals surface area contributed by atoms with Crippen LogP contribution in [0.3, 0.4) is 0 Å². The number of hydrogen-bond acceptors (Lipinski definition) is 5. The molecule has 0 spiro atoms. The summed E-state index contributed by atoms with van der Waals surface area (Å²) in [5.74, 6) is -0.152. The second kappa shape index (κ2) is 5.01. The molecule has 1 aromatic heterocycles. The fraction of sp³-hybridized carbons (Fsp3) is 0.455. The number of primary amides is 1. The molecule has 1 amide bonds. The van der Waals surface area contributed by atoms with Crippen LogP contribution in [0.2, 0.25) is 0 Å². The maximum atomic E-state index is 11.0. The van der Waals surface area contributed by atoms with Crippen LogP contribution >= 0.6 is 0 Å². The van der Waals surface area contributed by atoms with Crippen molar-refractivity contribution < 1.29 is 9.53 Å². The summed E-state index contributed by atoms with van der Waals surface area (Å²) in [6, 6.07) is 3.09. The molecule has 17 heavy (non-hydrogen) atoms. The van der Waals surface area contributed by atoms with E-state index in [1.54, 1.807) is 13.2 Å². The Morgan fingerprint density at radius 2 is 2.18 bits per heavy atom. The number of nitrogen functional groups attached to an aromatic ring is 1. The van der Waals surface area contributed by atoms with E-state index >= 15 is 0 Å². The molecule has 6 nitrogen and oxygen atoms in total. The predicted octanol–water partition coefficient (Wildman–Crippen LogP) is 0.600. The van der Waals surface area contributed by atoms with Gasteiger partial charge in [-0.05, 0) is 26.0 Å². The number of rotatable bonds is 5. The second-order valence-corrected chi connectivity index (χ2v) is 4.44. The molecule has 0 aromatic carbocycles. The number of nitrogens with zero attached hydrogens (tertiary/aromatic N) is 1. The van der Waals surface area contributed by atoms with Crippen LogP contribution in [0, 0.1) is 0 Å². The first-order valence-electron chi connectivity index (χ1n) is 5.19. The van der Waals surface area contributed by atoms with E-state index in [1.807, 2.05) is 13.8 Å². The van der Waals surface area contributed by atoms with Crippen LogP contribution in [0.5, 0.6) is 0 Å². The van der Waals surface area contributed by atoms with Gasteiger partial charge in [-0.2, -0.15) is 0 Å². The van der Waals surface area contributed by atoms with E-state index in [0.29, 0.717) is 18.1 Å². The highest BCUT2D eigenvalue weighted by Gasteiger charge is 2.19. The fourth-order valence-electron chi connectivity index (χ4n) is 1.42. The largest absolute Gasteiger partial charge is 0.396 e. The molecule has 0 atom stereocenters. The Hall–Kier alpha value is -1.82. The van der Waals surface area contributed by atoms with Gasteiger partial charge in [0, 0.05) is 7.11 Å². The minimum atomic E-state index is -0.586. The molecule has 0 fully saturated rings. The second-order valence-electron chi connectivity index (χ2n) is 4.44. The van der Waals surface area contributed by atoms with E-state index in [0.717, 1.165) is 0 Å². The molecule has 0 bridgehead atoms. The van der Waals surface area contributed by atoms with E-state index in [9.17, 15) is 4.79 Å². The van der Waals surface area contributed by atoms with Crippen LogP contribution < -0.4 is 16.8 Å². The van der Waals surface area contributed by atoms with E-state index in [2.05, 4.69) is 10.3 Å². The number of ether oxygens (including phenoxy) is 1. The van der Waals surface area contributed by atoms with Crippen molar-refractivity contribution in [2.45, 2.75) is 19.4 Å². The summed E-state index contributed by atoms with van der Waals surface area (Å²) in [6.45, 7) is 4.36. The highest BCUT2D eigenvalue weighted by atomic mass is 16.5. The molecule has 0 unspecified atom stereocenters. The summed E-state index contributed by atoms with van der Waals surface area (Å²) >= 11 is 0. The van der Waals surface area contributed by atoms with Gasteiger partial charge in [0.25, 0.3) is 5.91 Å². The number of pyridine rings is 1. The van der Waals surface area contributed by atoms with Gasteiger partial charge in [-0.15, -0.1) is 0 Å². The third-order valence-corrected chi connectivity index (χ3v) is 2.14. The van der Waals surface area contributed by atoms with Gasteiger partial charge >= 0.3 is 0 Å². The van der Waals surface area contributed by atoms with Crippen LogP contribution in [-0.4, -0.2) is 30.1 Å². The highest BCUT2D eigenvalue weighted by Crippen LogP contribution is 2.20. The molecule has 0 aliphatic heterocycles. The summed E-state index contributed by atoms with van der Waals surface area (Å²) in [5, 5.41) is 3.11. The Kier molecular flexibility index (Phi) is 3.90. The van der Waals surface area contributed by atoms with Crippen LogP contribution in [0.4, 0.5) is 11.5 Å². The lowest BCUT2D eigenvalue weighted by Crippen LogP contribution is -2.36. The number of anilines is 2. The number of carbonyl (C=O) groups excluding carboxylic acids is 1. The number of amides is 1. The normalized spacial score (nSPS) is 11.2. The zero-order chi connectivity index (χ0) is 13.1. The summed E-state index contributed by atoms with van der Waals surface area (Å²) in [5.41, 5.74) is 11.2. The van der Waals surface area contributed by atoms with Crippen molar-refractivity contribution in [1.82, 2.24) is 4.98 Å². The lowest BCUT2D eigenvalue weighted by molar-refractivity contribution is 0.0995. The van der Waals surface area contributed by atoms with Gasteiger partial charge in [-0.3, -0.25) is 4.79 Å². The average Bonchev–Trinajstić information content (AvgIpc) is 2.20. The summed E-state index contributed by atoms with van der Waals surface area (Å²) in [6.07, 6.45) is 0. The SMILES string of the molecule is COCC(C)(C)Nc1nc(C(N)=O)ccc1N. The van der Waals surface area contributed by atoms with E-state index in [4.69, 9.17) is 16.2 Å². The maximum Gasteiger partial charge on any atom is 0.267 e. The molecule has 0 saturated carbocycles. The number of nitrogens with two attached hydrogens (primary N) is 2. The molecule has 1 aromatic rings. The molecule has 1 rings (SSSR count). The van der Waals surface area contributed by atoms with E-state index in [-0.39, 0.29) is 11.2 Å². The lowest BCUT2D eigenvalue weighted by Gasteiger charge is -2.26. The Balaban J connectivity index is 2.97. The van der Waals surface area contributed by atoms with Gasteiger partial charge < -0.3 is 21.5 Å². The molecular formula is C11H18N4O2. The topological polar surface area (TPSA) is 103 Å². The van der Waals surface area contributed by atoms with E-state index < -0.39 is 5.91 Å². The molecule has 0 radical (unpaired) electrons. The fourth-order valence-corrected chi connectivity index (χ4v) is 1.42. The maximum absolute atomic E-state index is 11.0. The van der Waals surface area contributed by atoms with Crippen molar-refractivity contribution in [3.63, 3.8) is 0 Å². The predicted molar refractivity (Wildman–Crippen MR) is 66.7 cm³/mol. The molecule has 6 heteroatoms. The van der Waals surface area contributed by atoms with E-state index in [1.165, 1.54) is 6.07 Å². The number of nitrogens with one attached hydrogen (secondary N) is 1. The van der Waals surface area contributed by atoms with Gasteiger partial charge in [0.1, 0.15) is 5.69 Å². The van der Waals surface area contributed by atoms with Crippen LogP contribution in [0.25, 0.3) is 0 Å². The lowest BCUT2D eigenvalue weighted by atomic mass is 10.1. The number of hydrogen-bond donors (Lipinski definition) is 3. The van der Waals surface area contributed by atoms with Gasteiger partial charge in [0.2, 0.25) is 0 Å². The average molecular weight is 238 g/mol. The Bertz CT molecular complexity index is 418. The number of aromatic nitrogens is 1. The number of carbonyl (C=O) groups is 1. The first-order chi connectivity index (χ1) is 7.85. The monoisotopic (exact) mass is 238 g/mol. The highest BCUT2D eigenvalue weighted by molar-refractivity contribution is 5.91. The summed E-state index contributed by atoms with van der Waals surface area (Å²) in [4.78, 5) is 15.1. The Morgan fingerprint density at radius 3 is 2.71 bits per heavy atom. The zero-order valence-electron chi connectivity index (χ0n) is 10.3. The van der Waals surface area contributed by atoms with Crippen LogP contribution in [-0.2, 0) is 4.74 Å².